The van der Waals surface area contributed by atoms with Gasteiger partial charge < -0.3 is 14.9 Å². The molecular weight excluding hydrogens is 344 g/mol. The SMILES string of the molecule is O=C(CCCc1nc(-c2cccnc2)no1)N[C@@H]1c2ccccc2C[C@@H]1O. The number of carbonyl (C=O) groups excluding carboxylic acids is 1. The van der Waals surface area contributed by atoms with Crippen molar-refractivity contribution in [2.45, 2.75) is 37.8 Å². The maximum atomic E-state index is 12.3. The third-order valence-electron chi connectivity index (χ3n) is 4.70. The number of carbonyl (C=O) groups is 1. The molecule has 4 rings (SSSR count). The van der Waals surface area contributed by atoms with Gasteiger partial charge in [0.2, 0.25) is 17.6 Å². The minimum atomic E-state index is -0.579. The molecule has 0 radical (unpaired) electrons. The summed E-state index contributed by atoms with van der Waals surface area (Å²) in [5, 5.41) is 17.1. The van der Waals surface area contributed by atoms with Crippen molar-refractivity contribution in [2.24, 2.45) is 0 Å². The molecule has 27 heavy (non-hydrogen) atoms. The first-order valence-corrected chi connectivity index (χ1v) is 8.99. The van der Waals surface area contributed by atoms with Crippen molar-refractivity contribution in [3.8, 4) is 11.4 Å². The summed E-state index contributed by atoms with van der Waals surface area (Å²) in [4.78, 5) is 20.6. The van der Waals surface area contributed by atoms with Gasteiger partial charge in [0.1, 0.15) is 0 Å². The lowest BCUT2D eigenvalue weighted by molar-refractivity contribution is -0.122. The van der Waals surface area contributed by atoms with E-state index in [4.69, 9.17) is 4.52 Å². The van der Waals surface area contributed by atoms with Gasteiger partial charge in [0.15, 0.2) is 0 Å². The number of aliphatic hydroxyl groups excluding tert-OH is 1. The molecule has 0 spiro atoms. The lowest BCUT2D eigenvalue weighted by Gasteiger charge is -2.17. The largest absolute Gasteiger partial charge is 0.390 e. The summed E-state index contributed by atoms with van der Waals surface area (Å²) in [6.07, 6.45) is 4.78. The average Bonchev–Trinajstić information content (AvgIpc) is 3.28. The number of rotatable bonds is 6. The first-order chi connectivity index (χ1) is 13.2. The lowest BCUT2D eigenvalue weighted by Crippen LogP contribution is -2.33. The summed E-state index contributed by atoms with van der Waals surface area (Å²) in [5.41, 5.74) is 2.87. The molecule has 0 saturated carbocycles. The summed E-state index contributed by atoms with van der Waals surface area (Å²) in [6, 6.07) is 11.1. The van der Waals surface area contributed by atoms with Gasteiger partial charge in [-0.3, -0.25) is 9.78 Å². The molecule has 2 atom stereocenters. The maximum Gasteiger partial charge on any atom is 0.226 e. The summed E-state index contributed by atoms with van der Waals surface area (Å²) in [7, 11) is 0. The minimum absolute atomic E-state index is 0.0947. The smallest absolute Gasteiger partial charge is 0.226 e. The van der Waals surface area contributed by atoms with Crippen molar-refractivity contribution in [3.05, 3.63) is 65.8 Å². The predicted molar refractivity (Wildman–Crippen MR) is 97.5 cm³/mol. The van der Waals surface area contributed by atoms with Crippen LogP contribution in [0.15, 0.2) is 53.3 Å². The molecule has 1 amide bonds. The number of hydrogen-bond donors (Lipinski definition) is 2. The molecule has 0 unspecified atom stereocenters. The molecule has 1 aliphatic carbocycles. The Kier molecular flexibility index (Phi) is 4.93. The van der Waals surface area contributed by atoms with Gasteiger partial charge in [-0.15, -0.1) is 0 Å². The third kappa shape index (κ3) is 3.88. The van der Waals surface area contributed by atoms with Crippen LogP contribution in [-0.2, 0) is 17.6 Å². The van der Waals surface area contributed by atoms with Gasteiger partial charge in [0.05, 0.1) is 12.1 Å². The summed E-state index contributed by atoms with van der Waals surface area (Å²) in [6.45, 7) is 0. The van der Waals surface area contributed by atoms with Crippen LogP contribution in [0.25, 0.3) is 11.4 Å². The molecule has 1 aliphatic rings. The van der Waals surface area contributed by atoms with Crippen LogP contribution in [0.3, 0.4) is 0 Å². The first-order valence-electron chi connectivity index (χ1n) is 8.99. The fourth-order valence-electron chi connectivity index (χ4n) is 3.36. The van der Waals surface area contributed by atoms with Crippen LogP contribution in [0.2, 0.25) is 0 Å². The van der Waals surface area contributed by atoms with Crippen LogP contribution in [0.4, 0.5) is 0 Å². The molecule has 138 valence electrons. The molecule has 0 bridgehead atoms. The van der Waals surface area contributed by atoms with Crippen LogP contribution in [0.5, 0.6) is 0 Å². The van der Waals surface area contributed by atoms with Crippen molar-refractivity contribution < 1.29 is 14.4 Å². The van der Waals surface area contributed by atoms with Gasteiger partial charge in [-0.25, -0.2) is 0 Å². The first kappa shape index (κ1) is 17.4. The summed E-state index contributed by atoms with van der Waals surface area (Å²) < 4.78 is 5.24. The molecule has 0 fully saturated rings. The summed E-state index contributed by atoms with van der Waals surface area (Å²) in [5.74, 6) is 0.892. The fraction of sp³-hybridized carbons (Fsp3) is 0.300. The lowest BCUT2D eigenvalue weighted by atomic mass is 10.1. The van der Waals surface area contributed by atoms with Crippen LogP contribution in [0, 0.1) is 0 Å². The van der Waals surface area contributed by atoms with Crippen LogP contribution in [0.1, 0.15) is 35.9 Å². The second-order valence-corrected chi connectivity index (χ2v) is 6.62. The van der Waals surface area contributed by atoms with E-state index in [-0.39, 0.29) is 11.9 Å². The van der Waals surface area contributed by atoms with Crippen LogP contribution < -0.4 is 5.32 Å². The van der Waals surface area contributed by atoms with Crippen LogP contribution >= 0.6 is 0 Å². The van der Waals surface area contributed by atoms with E-state index in [0.29, 0.717) is 37.4 Å². The normalized spacial score (nSPS) is 18.3. The second kappa shape index (κ2) is 7.67. The topological polar surface area (TPSA) is 101 Å². The van der Waals surface area contributed by atoms with Crippen molar-refractivity contribution in [1.82, 2.24) is 20.4 Å². The van der Waals surface area contributed by atoms with Gasteiger partial charge in [0.25, 0.3) is 0 Å². The Hall–Kier alpha value is -3.06. The van der Waals surface area contributed by atoms with Crippen molar-refractivity contribution in [2.75, 3.05) is 0 Å². The van der Waals surface area contributed by atoms with E-state index in [1.165, 1.54) is 0 Å². The van der Waals surface area contributed by atoms with E-state index in [2.05, 4.69) is 20.4 Å². The zero-order valence-electron chi connectivity index (χ0n) is 14.7. The van der Waals surface area contributed by atoms with E-state index >= 15 is 0 Å². The number of nitrogens with zero attached hydrogens (tertiary/aromatic N) is 3. The Morgan fingerprint density at radius 3 is 3.00 bits per heavy atom. The number of pyridine rings is 1. The number of aryl methyl sites for hydroxylation is 1. The molecule has 7 heteroatoms. The van der Waals surface area contributed by atoms with E-state index in [0.717, 1.165) is 16.7 Å². The number of aliphatic hydroxyl groups is 1. The fourth-order valence-corrected chi connectivity index (χ4v) is 3.36. The number of benzene rings is 1. The highest BCUT2D eigenvalue weighted by Crippen LogP contribution is 2.31. The molecule has 2 heterocycles. The van der Waals surface area contributed by atoms with E-state index in [1.807, 2.05) is 36.4 Å². The molecular formula is C20H20N4O3. The third-order valence-corrected chi connectivity index (χ3v) is 4.70. The Morgan fingerprint density at radius 1 is 1.26 bits per heavy atom. The van der Waals surface area contributed by atoms with Crippen LogP contribution in [-0.4, -0.2) is 32.2 Å². The highest BCUT2D eigenvalue weighted by Gasteiger charge is 2.31. The second-order valence-electron chi connectivity index (χ2n) is 6.62. The molecule has 2 N–H and O–H groups in total. The van der Waals surface area contributed by atoms with E-state index in [9.17, 15) is 9.90 Å². The maximum absolute atomic E-state index is 12.3. The molecule has 1 aromatic carbocycles. The molecule has 0 aliphatic heterocycles. The van der Waals surface area contributed by atoms with Gasteiger partial charge in [-0.05, 0) is 29.7 Å². The summed E-state index contributed by atoms with van der Waals surface area (Å²) >= 11 is 0. The highest BCUT2D eigenvalue weighted by atomic mass is 16.5. The molecule has 2 aromatic heterocycles. The van der Waals surface area contributed by atoms with Gasteiger partial charge in [0, 0.05) is 37.2 Å². The van der Waals surface area contributed by atoms with Gasteiger partial charge in [-0.1, -0.05) is 29.4 Å². The number of aromatic nitrogens is 3. The Morgan fingerprint density at radius 2 is 2.15 bits per heavy atom. The van der Waals surface area contributed by atoms with Gasteiger partial charge in [-0.2, -0.15) is 4.98 Å². The number of amides is 1. The quantitative estimate of drug-likeness (QED) is 0.695. The van der Waals surface area contributed by atoms with Gasteiger partial charge >= 0.3 is 0 Å². The minimum Gasteiger partial charge on any atom is -0.390 e. The Bertz CT molecular complexity index is 926. The number of nitrogens with one attached hydrogen (secondary N) is 1. The average molecular weight is 364 g/mol. The zero-order chi connectivity index (χ0) is 18.6. The highest BCUT2D eigenvalue weighted by molar-refractivity contribution is 5.76. The van der Waals surface area contributed by atoms with E-state index in [1.54, 1.807) is 12.4 Å². The Balaban J connectivity index is 1.29. The van der Waals surface area contributed by atoms with Crippen molar-refractivity contribution >= 4 is 5.91 Å². The predicted octanol–water partition coefficient (Wildman–Crippen LogP) is 2.23. The molecule has 7 nitrogen and oxygen atoms in total. The van der Waals surface area contributed by atoms with Crippen molar-refractivity contribution in [3.63, 3.8) is 0 Å². The number of hydrogen-bond acceptors (Lipinski definition) is 6. The zero-order valence-corrected chi connectivity index (χ0v) is 14.7. The number of fused-ring (bicyclic) bond motifs is 1. The Labute approximate surface area is 156 Å². The molecule has 0 saturated heterocycles. The monoisotopic (exact) mass is 364 g/mol. The standard InChI is InChI=1S/C20H20N4O3/c25-16-11-13-5-1-2-7-15(13)19(16)22-17(26)8-3-9-18-23-20(24-27-18)14-6-4-10-21-12-14/h1-2,4-7,10,12,16,19,25H,3,8-9,11H2,(H,22,26)/t16-,19+/m0/s1. The molecule has 3 aromatic rings. The van der Waals surface area contributed by atoms with Crippen molar-refractivity contribution in [1.29, 1.82) is 0 Å². The van der Waals surface area contributed by atoms with E-state index < -0.39 is 6.10 Å².